The average molecular weight is 270 g/mol. The number of anilines is 1. The highest BCUT2D eigenvalue weighted by atomic mass is 16.6. The lowest BCUT2D eigenvalue weighted by Gasteiger charge is -2.05. The average Bonchev–Trinajstić information content (AvgIpc) is 2.46. The molecule has 0 radical (unpaired) electrons. The molecule has 0 aromatic carbocycles. The van der Waals surface area contributed by atoms with Crippen LogP contribution in [-0.4, -0.2) is 19.9 Å². The summed E-state index contributed by atoms with van der Waals surface area (Å²) in [6.45, 7) is 2.20. The Morgan fingerprint density at radius 2 is 2.20 bits per heavy atom. The maximum Gasteiger partial charge on any atom is 0.305 e. The van der Waals surface area contributed by atoms with Crippen LogP contribution in [0.25, 0.3) is 0 Å². The van der Waals surface area contributed by atoms with E-state index in [4.69, 9.17) is 5.26 Å². The summed E-state index contributed by atoms with van der Waals surface area (Å²) in [5.74, 6) is 0.370. The van der Waals surface area contributed by atoms with Crippen LogP contribution in [0.3, 0.4) is 0 Å². The zero-order valence-electron chi connectivity index (χ0n) is 10.6. The Kier molecular flexibility index (Phi) is 3.81. The summed E-state index contributed by atoms with van der Waals surface area (Å²) in [7, 11) is 0. The molecule has 0 atom stereocenters. The molecule has 100 valence electrons. The smallest absolute Gasteiger partial charge is 0.305 e. The van der Waals surface area contributed by atoms with Crippen molar-refractivity contribution in [2.75, 3.05) is 5.32 Å². The Morgan fingerprint density at radius 1 is 1.40 bits per heavy atom. The van der Waals surface area contributed by atoms with Crippen LogP contribution in [-0.2, 0) is 6.54 Å². The van der Waals surface area contributed by atoms with Crippen molar-refractivity contribution in [3.05, 3.63) is 51.7 Å². The van der Waals surface area contributed by atoms with E-state index in [1.165, 1.54) is 12.1 Å². The van der Waals surface area contributed by atoms with Crippen LogP contribution in [0.15, 0.2) is 24.5 Å². The predicted octanol–water partition coefficient (Wildman–Crippen LogP) is 1.57. The third kappa shape index (κ3) is 3.02. The Balaban J connectivity index is 2.12. The number of aryl methyl sites for hydroxylation is 1. The van der Waals surface area contributed by atoms with Crippen molar-refractivity contribution < 1.29 is 4.92 Å². The summed E-state index contributed by atoms with van der Waals surface area (Å²) >= 11 is 0. The molecule has 0 saturated heterocycles. The van der Waals surface area contributed by atoms with Gasteiger partial charge in [-0.05, 0) is 13.0 Å². The van der Waals surface area contributed by atoms with Crippen LogP contribution in [0, 0.1) is 28.4 Å². The van der Waals surface area contributed by atoms with E-state index in [1.807, 2.05) is 6.92 Å². The summed E-state index contributed by atoms with van der Waals surface area (Å²) in [5.41, 5.74) is 0.978. The van der Waals surface area contributed by atoms with Crippen molar-refractivity contribution in [2.24, 2.45) is 0 Å². The van der Waals surface area contributed by atoms with Crippen molar-refractivity contribution in [1.29, 1.82) is 5.26 Å². The highest BCUT2D eigenvalue weighted by Gasteiger charge is 2.15. The number of hydrogen-bond acceptors (Lipinski definition) is 7. The van der Waals surface area contributed by atoms with Gasteiger partial charge in [-0.3, -0.25) is 20.1 Å². The maximum absolute atomic E-state index is 10.7. The fourth-order valence-electron chi connectivity index (χ4n) is 1.47. The number of hydrogen-bond donors (Lipinski definition) is 1. The van der Waals surface area contributed by atoms with Gasteiger partial charge in [-0.25, -0.2) is 4.98 Å². The third-order valence-corrected chi connectivity index (χ3v) is 2.46. The highest BCUT2D eigenvalue weighted by Crippen LogP contribution is 2.18. The van der Waals surface area contributed by atoms with E-state index in [0.29, 0.717) is 18.1 Å². The minimum atomic E-state index is -0.638. The summed E-state index contributed by atoms with van der Waals surface area (Å²) in [6.07, 6.45) is 3.26. The van der Waals surface area contributed by atoms with Crippen molar-refractivity contribution in [2.45, 2.75) is 13.5 Å². The molecule has 8 heteroatoms. The molecule has 0 aliphatic rings. The zero-order valence-corrected chi connectivity index (χ0v) is 10.6. The first-order chi connectivity index (χ1) is 9.60. The number of nitrogens with one attached hydrogen (secondary N) is 1. The normalized spacial score (nSPS) is 9.80. The Labute approximate surface area is 114 Å². The quantitative estimate of drug-likeness (QED) is 0.661. The zero-order chi connectivity index (χ0) is 14.5. The predicted molar refractivity (Wildman–Crippen MR) is 69.7 cm³/mol. The summed E-state index contributed by atoms with van der Waals surface area (Å²) in [5, 5.41) is 22.5. The molecule has 0 fully saturated rings. The van der Waals surface area contributed by atoms with Crippen LogP contribution in [0.2, 0.25) is 0 Å². The van der Waals surface area contributed by atoms with Gasteiger partial charge in [0.1, 0.15) is 11.9 Å². The first kappa shape index (κ1) is 13.4. The van der Waals surface area contributed by atoms with Crippen LogP contribution in [0.1, 0.15) is 17.1 Å². The number of nitriles is 1. The largest absolute Gasteiger partial charge is 0.364 e. The van der Waals surface area contributed by atoms with Crippen molar-refractivity contribution in [3.8, 4) is 6.07 Å². The monoisotopic (exact) mass is 270 g/mol. The number of aromatic nitrogens is 3. The molecule has 2 heterocycles. The van der Waals surface area contributed by atoms with Gasteiger partial charge in [0.15, 0.2) is 0 Å². The van der Waals surface area contributed by atoms with E-state index in [1.54, 1.807) is 18.5 Å². The molecule has 0 spiro atoms. The van der Waals surface area contributed by atoms with E-state index in [2.05, 4.69) is 20.3 Å². The van der Waals surface area contributed by atoms with E-state index in [9.17, 15) is 10.1 Å². The molecule has 0 unspecified atom stereocenters. The van der Waals surface area contributed by atoms with E-state index in [-0.39, 0.29) is 11.4 Å². The first-order valence-electron chi connectivity index (χ1n) is 5.67. The molecule has 0 aliphatic carbocycles. The summed E-state index contributed by atoms with van der Waals surface area (Å²) in [6, 6.07) is 4.39. The second-order valence-electron chi connectivity index (χ2n) is 3.94. The first-order valence-corrected chi connectivity index (χ1v) is 5.67. The molecular formula is C12H10N6O2. The molecule has 0 bridgehead atoms. The minimum Gasteiger partial charge on any atom is -0.364 e. The molecule has 0 saturated carbocycles. The molecular weight excluding hydrogens is 260 g/mol. The molecule has 1 N–H and O–H groups in total. The third-order valence-electron chi connectivity index (χ3n) is 2.46. The number of nitrogens with zero attached hydrogens (tertiary/aromatic N) is 5. The van der Waals surface area contributed by atoms with Gasteiger partial charge >= 0.3 is 5.69 Å². The van der Waals surface area contributed by atoms with E-state index >= 15 is 0 Å². The molecule has 2 rings (SSSR count). The lowest BCUT2D eigenvalue weighted by Crippen LogP contribution is -2.05. The van der Waals surface area contributed by atoms with Gasteiger partial charge in [-0.2, -0.15) is 5.26 Å². The standard InChI is InChI=1S/C12H10N6O2/c1-8-5-15-9(6-14-8)7-16-12-3-2-11(18(19)20)10(4-13)17-12/h2-3,5-6H,7H2,1H3,(H,16,17). The van der Waals surface area contributed by atoms with Gasteiger partial charge in [-0.1, -0.05) is 0 Å². The van der Waals surface area contributed by atoms with Crippen molar-refractivity contribution >= 4 is 11.5 Å². The van der Waals surface area contributed by atoms with Gasteiger partial charge in [0.25, 0.3) is 0 Å². The Bertz CT molecular complexity index is 677. The lowest BCUT2D eigenvalue weighted by molar-refractivity contribution is -0.385. The highest BCUT2D eigenvalue weighted by molar-refractivity contribution is 5.50. The van der Waals surface area contributed by atoms with Crippen LogP contribution >= 0.6 is 0 Å². The fourth-order valence-corrected chi connectivity index (χ4v) is 1.47. The van der Waals surface area contributed by atoms with Gasteiger partial charge in [-0.15, -0.1) is 0 Å². The summed E-state index contributed by atoms with van der Waals surface area (Å²) in [4.78, 5) is 22.2. The van der Waals surface area contributed by atoms with Crippen LogP contribution in [0.4, 0.5) is 11.5 Å². The molecule has 2 aromatic heterocycles. The number of pyridine rings is 1. The van der Waals surface area contributed by atoms with E-state index in [0.717, 1.165) is 5.69 Å². The molecule has 20 heavy (non-hydrogen) atoms. The minimum absolute atomic E-state index is 0.227. The van der Waals surface area contributed by atoms with Crippen molar-refractivity contribution in [3.63, 3.8) is 0 Å². The van der Waals surface area contributed by atoms with Gasteiger partial charge in [0.2, 0.25) is 5.69 Å². The van der Waals surface area contributed by atoms with Gasteiger partial charge < -0.3 is 5.32 Å². The Hall–Kier alpha value is -3.08. The van der Waals surface area contributed by atoms with Crippen molar-refractivity contribution in [1.82, 2.24) is 15.0 Å². The topological polar surface area (TPSA) is 118 Å². The summed E-state index contributed by atoms with van der Waals surface area (Å²) < 4.78 is 0. The SMILES string of the molecule is Cc1cnc(CNc2ccc([N+](=O)[O-])c(C#N)n2)cn1. The van der Waals surface area contributed by atoms with E-state index < -0.39 is 4.92 Å². The lowest BCUT2D eigenvalue weighted by atomic mass is 10.3. The van der Waals surface area contributed by atoms with Gasteiger partial charge in [0, 0.05) is 12.3 Å². The van der Waals surface area contributed by atoms with Gasteiger partial charge in [0.05, 0.1) is 29.1 Å². The maximum atomic E-state index is 10.7. The molecule has 0 aliphatic heterocycles. The second-order valence-corrected chi connectivity index (χ2v) is 3.94. The molecule has 8 nitrogen and oxygen atoms in total. The van der Waals surface area contributed by atoms with Crippen LogP contribution in [0.5, 0.6) is 0 Å². The number of rotatable bonds is 4. The van der Waals surface area contributed by atoms with Crippen LogP contribution < -0.4 is 5.32 Å². The second kappa shape index (κ2) is 5.71. The molecule has 2 aromatic rings. The fraction of sp³-hybridized carbons (Fsp3) is 0.167. The number of nitro groups is 1. The Morgan fingerprint density at radius 3 is 2.80 bits per heavy atom. The molecule has 0 amide bonds.